The summed E-state index contributed by atoms with van der Waals surface area (Å²) >= 11 is 1.99. The molecule has 130 valence electrons. The minimum Gasteiger partial charge on any atom is -0.386 e. The second kappa shape index (κ2) is 7.76. The molecule has 0 radical (unpaired) electrons. The van der Waals surface area contributed by atoms with Gasteiger partial charge in [-0.25, -0.2) is 0 Å². The number of hydrogen-bond donors (Lipinski definition) is 1. The van der Waals surface area contributed by atoms with E-state index in [9.17, 15) is 5.11 Å². The van der Waals surface area contributed by atoms with Crippen LogP contribution in [0.4, 0.5) is 0 Å². The van der Waals surface area contributed by atoms with Crippen LogP contribution in [0, 0.1) is 0 Å². The average molecular weight is 343 g/mol. The fourth-order valence-electron chi connectivity index (χ4n) is 2.47. The van der Waals surface area contributed by atoms with Gasteiger partial charge in [-0.1, -0.05) is 69.3 Å². The van der Waals surface area contributed by atoms with Gasteiger partial charge in [0.25, 0.3) is 0 Å². The summed E-state index contributed by atoms with van der Waals surface area (Å²) in [7, 11) is 0. The van der Waals surface area contributed by atoms with E-state index in [1.54, 1.807) is 0 Å². The molecule has 2 heteroatoms. The van der Waals surface area contributed by atoms with Crippen molar-refractivity contribution >= 4 is 11.8 Å². The van der Waals surface area contributed by atoms with Crippen molar-refractivity contribution in [1.82, 2.24) is 0 Å². The van der Waals surface area contributed by atoms with Crippen molar-refractivity contribution in [3.8, 4) is 0 Å². The molecule has 1 nitrogen and oxygen atoms in total. The standard InChI is InChI=1S/C22H30OS/c1-21(2,3)24-16-19-10-8-17(9-11-19)6-7-18-12-14-20(15-13-18)22(4,5)23/h8-15,23H,6-7,16H2,1-5H3. The molecule has 0 aromatic heterocycles. The van der Waals surface area contributed by atoms with E-state index < -0.39 is 5.60 Å². The summed E-state index contributed by atoms with van der Waals surface area (Å²) in [5, 5.41) is 10.0. The van der Waals surface area contributed by atoms with E-state index in [1.165, 1.54) is 16.7 Å². The van der Waals surface area contributed by atoms with Crippen molar-refractivity contribution in [3.63, 3.8) is 0 Å². The smallest absolute Gasteiger partial charge is 0.0840 e. The molecule has 0 bridgehead atoms. The lowest BCUT2D eigenvalue weighted by Crippen LogP contribution is -2.15. The van der Waals surface area contributed by atoms with Crippen LogP contribution in [0.1, 0.15) is 56.9 Å². The Hall–Kier alpha value is -1.25. The Bertz CT molecular complexity index is 628. The normalized spacial score (nSPS) is 12.4. The minimum atomic E-state index is -0.764. The lowest BCUT2D eigenvalue weighted by Gasteiger charge is -2.18. The third-order valence-electron chi connectivity index (χ3n) is 4.06. The highest BCUT2D eigenvalue weighted by Crippen LogP contribution is 2.27. The Morgan fingerprint density at radius 2 is 1.12 bits per heavy atom. The summed E-state index contributed by atoms with van der Waals surface area (Å²) < 4.78 is 0.313. The molecule has 0 saturated heterocycles. The minimum absolute atomic E-state index is 0.313. The highest BCUT2D eigenvalue weighted by atomic mass is 32.2. The number of rotatable bonds is 6. The molecule has 0 aliphatic heterocycles. The molecule has 2 aromatic rings. The van der Waals surface area contributed by atoms with Crippen molar-refractivity contribution < 1.29 is 5.11 Å². The SMILES string of the molecule is CC(C)(C)SCc1ccc(CCc2ccc(C(C)(C)O)cc2)cc1. The molecule has 2 aromatic carbocycles. The van der Waals surface area contributed by atoms with E-state index in [2.05, 4.69) is 57.2 Å². The number of thioether (sulfide) groups is 1. The molecule has 0 spiro atoms. The summed E-state index contributed by atoms with van der Waals surface area (Å²) in [6.07, 6.45) is 2.08. The van der Waals surface area contributed by atoms with Crippen molar-refractivity contribution in [2.45, 2.75) is 63.6 Å². The highest BCUT2D eigenvalue weighted by Gasteiger charge is 2.15. The maximum Gasteiger partial charge on any atom is 0.0840 e. The van der Waals surface area contributed by atoms with E-state index in [1.807, 2.05) is 37.7 Å². The van der Waals surface area contributed by atoms with Crippen LogP contribution in [-0.4, -0.2) is 9.85 Å². The van der Waals surface area contributed by atoms with Crippen molar-refractivity contribution in [2.75, 3.05) is 0 Å². The van der Waals surface area contributed by atoms with Gasteiger partial charge < -0.3 is 5.11 Å². The summed E-state index contributed by atoms with van der Waals surface area (Å²) in [5.41, 5.74) is 4.29. The van der Waals surface area contributed by atoms with Crippen LogP contribution < -0.4 is 0 Å². The third kappa shape index (κ3) is 6.33. The number of aryl methyl sites for hydroxylation is 2. The van der Waals surface area contributed by atoms with Gasteiger partial charge in [-0.05, 0) is 48.9 Å². The molecule has 0 fully saturated rings. The van der Waals surface area contributed by atoms with Crippen LogP contribution in [0.2, 0.25) is 0 Å². The molecular weight excluding hydrogens is 312 g/mol. The zero-order valence-corrected chi connectivity index (χ0v) is 16.4. The molecule has 0 aliphatic carbocycles. The van der Waals surface area contributed by atoms with Gasteiger partial charge >= 0.3 is 0 Å². The van der Waals surface area contributed by atoms with Crippen LogP contribution >= 0.6 is 11.8 Å². The quantitative estimate of drug-likeness (QED) is 0.723. The van der Waals surface area contributed by atoms with Gasteiger partial charge in [-0.2, -0.15) is 11.8 Å². The monoisotopic (exact) mass is 342 g/mol. The van der Waals surface area contributed by atoms with E-state index >= 15 is 0 Å². The molecule has 0 unspecified atom stereocenters. The van der Waals surface area contributed by atoms with Gasteiger partial charge in [0.2, 0.25) is 0 Å². The Balaban J connectivity index is 1.88. The van der Waals surface area contributed by atoms with Gasteiger partial charge in [0.05, 0.1) is 5.60 Å². The maximum absolute atomic E-state index is 10.0. The van der Waals surface area contributed by atoms with Crippen LogP contribution in [0.5, 0.6) is 0 Å². The first kappa shape index (κ1) is 19.1. The predicted molar refractivity (Wildman–Crippen MR) is 107 cm³/mol. The van der Waals surface area contributed by atoms with Crippen LogP contribution in [0.15, 0.2) is 48.5 Å². The molecule has 24 heavy (non-hydrogen) atoms. The fourth-order valence-corrected chi connectivity index (χ4v) is 3.26. The Morgan fingerprint density at radius 1 is 0.708 bits per heavy atom. The van der Waals surface area contributed by atoms with Crippen LogP contribution in [0.3, 0.4) is 0 Å². The Morgan fingerprint density at radius 3 is 1.54 bits per heavy atom. The van der Waals surface area contributed by atoms with Crippen molar-refractivity contribution in [1.29, 1.82) is 0 Å². The molecule has 2 rings (SSSR count). The van der Waals surface area contributed by atoms with E-state index in [4.69, 9.17) is 0 Å². The summed E-state index contributed by atoms with van der Waals surface area (Å²) in [5.74, 6) is 1.07. The predicted octanol–water partition coefficient (Wildman–Crippen LogP) is 5.73. The average Bonchev–Trinajstić information content (AvgIpc) is 2.51. The fraction of sp³-hybridized carbons (Fsp3) is 0.455. The summed E-state index contributed by atoms with van der Waals surface area (Å²) in [6.45, 7) is 10.4. The number of hydrogen-bond acceptors (Lipinski definition) is 2. The Labute approximate surface area is 151 Å². The molecule has 0 amide bonds. The molecule has 1 N–H and O–H groups in total. The third-order valence-corrected chi connectivity index (χ3v) is 5.40. The van der Waals surface area contributed by atoms with E-state index in [-0.39, 0.29) is 0 Å². The first-order valence-electron chi connectivity index (χ1n) is 8.67. The van der Waals surface area contributed by atoms with Crippen molar-refractivity contribution in [2.24, 2.45) is 0 Å². The van der Waals surface area contributed by atoms with Gasteiger partial charge in [-0.3, -0.25) is 0 Å². The topological polar surface area (TPSA) is 20.2 Å². The molecule has 0 aliphatic rings. The Kier molecular flexibility index (Phi) is 6.17. The molecular formula is C22H30OS. The van der Waals surface area contributed by atoms with E-state index in [0.29, 0.717) is 4.75 Å². The second-order valence-electron chi connectivity index (χ2n) is 7.97. The summed E-state index contributed by atoms with van der Waals surface area (Å²) in [6, 6.07) is 17.3. The molecule has 0 saturated carbocycles. The molecule has 0 heterocycles. The largest absolute Gasteiger partial charge is 0.386 e. The van der Waals surface area contributed by atoms with Gasteiger partial charge in [0.15, 0.2) is 0 Å². The van der Waals surface area contributed by atoms with Gasteiger partial charge in [0.1, 0.15) is 0 Å². The van der Waals surface area contributed by atoms with Crippen LogP contribution in [-0.2, 0) is 24.2 Å². The first-order chi connectivity index (χ1) is 11.1. The van der Waals surface area contributed by atoms with Crippen molar-refractivity contribution in [3.05, 3.63) is 70.8 Å². The van der Waals surface area contributed by atoms with Gasteiger partial charge in [-0.15, -0.1) is 0 Å². The molecule has 0 atom stereocenters. The highest BCUT2D eigenvalue weighted by molar-refractivity contribution is 7.99. The summed E-state index contributed by atoms with van der Waals surface area (Å²) in [4.78, 5) is 0. The zero-order valence-electron chi connectivity index (χ0n) is 15.6. The van der Waals surface area contributed by atoms with E-state index in [0.717, 1.165) is 24.2 Å². The van der Waals surface area contributed by atoms with Gasteiger partial charge in [0, 0.05) is 10.5 Å². The van der Waals surface area contributed by atoms with Crippen LogP contribution in [0.25, 0.3) is 0 Å². The number of benzene rings is 2. The maximum atomic E-state index is 10.0. The lowest BCUT2D eigenvalue weighted by atomic mass is 9.96. The zero-order chi connectivity index (χ0) is 17.8. The second-order valence-corrected chi connectivity index (χ2v) is 9.78. The lowest BCUT2D eigenvalue weighted by molar-refractivity contribution is 0.0786. The number of aliphatic hydroxyl groups is 1. The first-order valence-corrected chi connectivity index (χ1v) is 9.66.